The van der Waals surface area contributed by atoms with Crippen LogP contribution in [0, 0.1) is 11.6 Å². The molecule has 1 aromatic rings. The molecule has 0 saturated heterocycles. The number of sulfonamides is 1. The molecule has 1 unspecified atom stereocenters. The Bertz CT molecular complexity index is 499. The van der Waals surface area contributed by atoms with Crippen LogP contribution >= 0.6 is 11.6 Å². The van der Waals surface area contributed by atoms with E-state index >= 15 is 0 Å². The molecule has 0 bridgehead atoms. The fourth-order valence-corrected chi connectivity index (χ4v) is 2.25. The van der Waals surface area contributed by atoms with E-state index in [0.29, 0.717) is 6.07 Å². The van der Waals surface area contributed by atoms with Gasteiger partial charge in [-0.3, -0.25) is 4.72 Å². The second kappa shape index (κ2) is 5.16. The van der Waals surface area contributed by atoms with E-state index < -0.39 is 32.6 Å². The topological polar surface area (TPSA) is 72.2 Å². The summed E-state index contributed by atoms with van der Waals surface area (Å²) in [6.45, 7) is 1.23. The van der Waals surface area contributed by atoms with Crippen LogP contribution < -0.4 is 10.5 Å². The third-order valence-electron chi connectivity index (χ3n) is 2.11. The molecule has 0 aliphatic heterocycles. The summed E-state index contributed by atoms with van der Waals surface area (Å²) in [5.41, 5.74) is 4.73. The second-order valence-corrected chi connectivity index (χ2v) is 5.94. The van der Waals surface area contributed by atoms with E-state index in [1.165, 1.54) is 6.92 Å². The second-order valence-electron chi connectivity index (χ2n) is 3.44. The smallest absolute Gasteiger partial charge is 0.236 e. The Morgan fingerprint density at radius 1 is 1.47 bits per heavy atom. The van der Waals surface area contributed by atoms with Gasteiger partial charge in [-0.05, 0) is 13.0 Å². The van der Waals surface area contributed by atoms with Crippen LogP contribution in [0.3, 0.4) is 0 Å². The minimum absolute atomic E-state index is 0.129. The van der Waals surface area contributed by atoms with Crippen molar-refractivity contribution in [3.63, 3.8) is 0 Å². The SMILES string of the molecule is CC(CN)S(=O)(=O)Nc1c(F)cc(F)cc1Cl. The lowest BCUT2D eigenvalue weighted by atomic mass is 10.3. The molecule has 0 radical (unpaired) electrons. The maximum Gasteiger partial charge on any atom is 0.236 e. The first-order valence-electron chi connectivity index (χ1n) is 4.64. The number of nitrogens with one attached hydrogen (secondary N) is 1. The van der Waals surface area contributed by atoms with Gasteiger partial charge in [0, 0.05) is 12.6 Å². The molecule has 0 aromatic heterocycles. The summed E-state index contributed by atoms with van der Waals surface area (Å²) in [5, 5.41) is -1.27. The Hall–Kier alpha value is -0.920. The molecule has 0 aliphatic rings. The number of hydrogen-bond acceptors (Lipinski definition) is 3. The summed E-state index contributed by atoms with van der Waals surface area (Å²) < 4.78 is 51.2. The van der Waals surface area contributed by atoms with Crippen LogP contribution in [0.25, 0.3) is 0 Å². The van der Waals surface area contributed by atoms with Crippen LogP contribution in [0.5, 0.6) is 0 Å². The molecule has 0 heterocycles. The highest BCUT2D eigenvalue weighted by atomic mass is 35.5. The summed E-state index contributed by atoms with van der Waals surface area (Å²) in [7, 11) is -3.84. The highest BCUT2D eigenvalue weighted by Gasteiger charge is 2.22. The molecule has 1 atom stereocenters. The molecule has 0 saturated carbocycles. The van der Waals surface area contributed by atoms with E-state index in [4.69, 9.17) is 17.3 Å². The quantitative estimate of drug-likeness (QED) is 0.884. The Morgan fingerprint density at radius 2 is 2.06 bits per heavy atom. The molecule has 0 aliphatic carbocycles. The fourth-order valence-electron chi connectivity index (χ4n) is 1.01. The first-order chi connectivity index (χ1) is 7.77. The summed E-state index contributed by atoms with van der Waals surface area (Å²) in [4.78, 5) is 0. The van der Waals surface area contributed by atoms with E-state index in [-0.39, 0.29) is 11.6 Å². The molecular formula is C9H11ClF2N2O2S. The lowest BCUT2D eigenvalue weighted by Crippen LogP contribution is -2.32. The van der Waals surface area contributed by atoms with Crippen molar-refractivity contribution in [3.8, 4) is 0 Å². The summed E-state index contributed by atoms with van der Waals surface area (Å²) >= 11 is 5.55. The van der Waals surface area contributed by atoms with Crippen LogP contribution in [0.15, 0.2) is 12.1 Å². The van der Waals surface area contributed by atoms with Gasteiger partial charge in [-0.2, -0.15) is 0 Å². The van der Waals surface area contributed by atoms with Gasteiger partial charge in [-0.1, -0.05) is 11.6 Å². The van der Waals surface area contributed by atoms with Crippen molar-refractivity contribution in [3.05, 3.63) is 28.8 Å². The summed E-state index contributed by atoms with van der Waals surface area (Å²) in [5.74, 6) is -1.97. The van der Waals surface area contributed by atoms with E-state index in [0.717, 1.165) is 6.07 Å². The Labute approximate surface area is 103 Å². The van der Waals surface area contributed by atoms with Crippen molar-refractivity contribution in [1.29, 1.82) is 0 Å². The van der Waals surface area contributed by atoms with E-state index in [2.05, 4.69) is 0 Å². The standard InChI is InChI=1S/C9H11ClF2N2O2S/c1-5(4-13)17(15,16)14-9-7(10)2-6(11)3-8(9)12/h2-3,5,14H,4,13H2,1H3. The maximum absolute atomic E-state index is 13.3. The van der Waals surface area contributed by atoms with Gasteiger partial charge >= 0.3 is 0 Å². The van der Waals surface area contributed by atoms with Crippen LogP contribution in [-0.2, 0) is 10.0 Å². The number of halogens is 3. The van der Waals surface area contributed by atoms with Crippen molar-refractivity contribution in [2.24, 2.45) is 5.73 Å². The largest absolute Gasteiger partial charge is 0.329 e. The third kappa shape index (κ3) is 3.27. The van der Waals surface area contributed by atoms with Gasteiger partial charge in [0.15, 0.2) is 5.82 Å². The Balaban J connectivity index is 3.13. The van der Waals surface area contributed by atoms with Crippen molar-refractivity contribution in [2.75, 3.05) is 11.3 Å². The van der Waals surface area contributed by atoms with Gasteiger partial charge in [0.1, 0.15) is 11.5 Å². The van der Waals surface area contributed by atoms with E-state index in [9.17, 15) is 17.2 Å². The Morgan fingerprint density at radius 3 is 2.53 bits per heavy atom. The molecule has 0 amide bonds. The number of nitrogens with two attached hydrogens (primary N) is 1. The van der Waals surface area contributed by atoms with Crippen molar-refractivity contribution < 1.29 is 17.2 Å². The first-order valence-corrected chi connectivity index (χ1v) is 6.56. The highest BCUT2D eigenvalue weighted by molar-refractivity contribution is 7.93. The molecule has 1 aromatic carbocycles. The third-order valence-corrected chi connectivity index (χ3v) is 4.15. The molecular weight excluding hydrogens is 274 g/mol. The molecule has 0 spiro atoms. The number of anilines is 1. The van der Waals surface area contributed by atoms with Gasteiger partial charge < -0.3 is 5.73 Å². The number of rotatable bonds is 4. The first kappa shape index (κ1) is 14.1. The van der Waals surface area contributed by atoms with Crippen LogP contribution in [-0.4, -0.2) is 20.2 Å². The molecule has 8 heteroatoms. The monoisotopic (exact) mass is 284 g/mol. The molecule has 1 rings (SSSR count). The highest BCUT2D eigenvalue weighted by Crippen LogP contribution is 2.27. The van der Waals surface area contributed by atoms with Crippen molar-refractivity contribution in [2.45, 2.75) is 12.2 Å². The minimum atomic E-state index is -3.84. The molecule has 4 nitrogen and oxygen atoms in total. The van der Waals surface area contributed by atoms with Crippen LogP contribution in [0.4, 0.5) is 14.5 Å². The fraction of sp³-hybridized carbons (Fsp3) is 0.333. The van der Waals surface area contributed by atoms with Crippen LogP contribution in [0.1, 0.15) is 6.92 Å². The zero-order valence-electron chi connectivity index (χ0n) is 8.88. The minimum Gasteiger partial charge on any atom is -0.329 e. The van der Waals surface area contributed by atoms with Gasteiger partial charge in [-0.15, -0.1) is 0 Å². The van der Waals surface area contributed by atoms with Gasteiger partial charge in [0.2, 0.25) is 10.0 Å². The summed E-state index contributed by atoms with van der Waals surface area (Å²) in [6.07, 6.45) is 0. The van der Waals surface area contributed by atoms with Gasteiger partial charge in [0.25, 0.3) is 0 Å². The van der Waals surface area contributed by atoms with Gasteiger partial charge in [-0.25, -0.2) is 17.2 Å². The molecule has 0 fully saturated rings. The van der Waals surface area contributed by atoms with E-state index in [1.807, 2.05) is 4.72 Å². The number of hydrogen-bond donors (Lipinski definition) is 2. The zero-order chi connectivity index (χ0) is 13.2. The maximum atomic E-state index is 13.3. The zero-order valence-corrected chi connectivity index (χ0v) is 10.4. The lowest BCUT2D eigenvalue weighted by molar-refractivity contribution is 0.579. The Kier molecular flexibility index (Phi) is 4.29. The van der Waals surface area contributed by atoms with Crippen molar-refractivity contribution >= 4 is 27.3 Å². The van der Waals surface area contributed by atoms with Gasteiger partial charge in [0.05, 0.1) is 10.3 Å². The van der Waals surface area contributed by atoms with Crippen molar-refractivity contribution in [1.82, 2.24) is 0 Å². The number of benzene rings is 1. The average Bonchev–Trinajstić information content (AvgIpc) is 2.22. The van der Waals surface area contributed by atoms with E-state index in [1.54, 1.807) is 0 Å². The molecule has 17 heavy (non-hydrogen) atoms. The molecule has 3 N–H and O–H groups in total. The lowest BCUT2D eigenvalue weighted by Gasteiger charge is -2.14. The molecule has 96 valence electrons. The predicted octanol–water partition coefficient (Wildman–Crippen LogP) is 1.71. The predicted molar refractivity (Wildman–Crippen MR) is 62.4 cm³/mol. The normalized spacial score (nSPS) is 13.5. The average molecular weight is 285 g/mol. The van der Waals surface area contributed by atoms with Crippen LogP contribution in [0.2, 0.25) is 5.02 Å². The summed E-state index contributed by atoms with van der Waals surface area (Å²) in [6, 6.07) is 1.35.